The van der Waals surface area contributed by atoms with Gasteiger partial charge >= 0.3 is 5.97 Å². The summed E-state index contributed by atoms with van der Waals surface area (Å²) >= 11 is 1.53. The molecule has 6 heteroatoms. The van der Waals surface area contributed by atoms with E-state index in [2.05, 4.69) is 10.1 Å². The zero-order chi connectivity index (χ0) is 13.1. The van der Waals surface area contributed by atoms with Crippen LogP contribution in [0.4, 0.5) is 0 Å². The first-order valence-electron chi connectivity index (χ1n) is 5.32. The Bertz CT molecular complexity index is 561. The number of carboxylic acids is 1. The van der Waals surface area contributed by atoms with Gasteiger partial charge in [-0.15, -0.1) is 11.8 Å². The van der Waals surface area contributed by atoms with Gasteiger partial charge in [0.15, 0.2) is 0 Å². The first-order chi connectivity index (χ1) is 8.58. The van der Waals surface area contributed by atoms with E-state index < -0.39 is 5.97 Å². The lowest BCUT2D eigenvalue weighted by atomic mass is 10.2. The normalized spacial score (nSPS) is 10.6. The van der Waals surface area contributed by atoms with Gasteiger partial charge in [0.1, 0.15) is 11.5 Å². The van der Waals surface area contributed by atoms with Crippen LogP contribution in [0.3, 0.4) is 0 Å². The molecule has 0 aromatic carbocycles. The van der Waals surface area contributed by atoms with Crippen molar-refractivity contribution in [3.8, 4) is 0 Å². The Morgan fingerprint density at radius 1 is 1.50 bits per heavy atom. The van der Waals surface area contributed by atoms with E-state index in [1.165, 1.54) is 18.0 Å². The summed E-state index contributed by atoms with van der Waals surface area (Å²) in [5.74, 6) is 0.479. The van der Waals surface area contributed by atoms with Gasteiger partial charge in [0, 0.05) is 22.4 Å². The van der Waals surface area contributed by atoms with Gasteiger partial charge in [-0.2, -0.15) is 0 Å². The Labute approximate surface area is 108 Å². The van der Waals surface area contributed by atoms with Gasteiger partial charge < -0.3 is 9.63 Å². The third-order valence-electron chi connectivity index (χ3n) is 2.51. The SMILES string of the molecule is Cc1noc(C)c1CSc1ccnc(C(=O)O)c1. The molecular formula is C12H12N2O3S. The smallest absolute Gasteiger partial charge is 0.354 e. The summed E-state index contributed by atoms with van der Waals surface area (Å²) in [7, 11) is 0. The van der Waals surface area contributed by atoms with Crippen LogP contribution in [0.1, 0.15) is 27.5 Å². The Morgan fingerprint density at radius 2 is 2.28 bits per heavy atom. The number of hydrogen-bond acceptors (Lipinski definition) is 5. The maximum Gasteiger partial charge on any atom is 0.354 e. The second-order valence-corrected chi connectivity index (χ2v) is 4.82. The lowest BCUT2D eigenvalue weighted by Gasteiger charge is -2.02. The molecule has 18 heavy (non-hydrogen) atoms. The Kier molecular flexibility index (Phi) is 3.66. The van der Waals surface area contributed by atoms with Crippen molar-refractivity contribution in [3.05, 3.63) is 41.0 Å². The molecule has 2 aromatic heterocycles. The number of aromatic nitrogens is 2. The maximum atomic E-state index is 10.8. The van der Waals surface area contributed by atoms with E-state index in [1.807, 2.05) is 13.8 Å². The van der Waals surface area contributed by atoms with E-state index >= 15 is 0 Å². The van der Waals surface area contributed by atoms with Crippen LogP contribution in [0, 0.1) is 13.8 Å². The third kappa shape index (κ3) is 2.70. The van der Waals surface area contributed by atoms with Crippen LogP contribution in [-0.4, -0.2) is 21.2 Å². The van der Waals surface area contributed by atoms with E-state index in [9.17, 15) is 4.79 Å². The van der Waals surface area contributed by atoms with Gasteiger partial charge in [0.2, 0.25) is 0 Å². The van der Waals surface area contributed by atoms with Gasteiger partial charge in [-0.1, -0.05) is 5.16 Å². The largest absolute Gasteiger partial charge is 0.477 e. The number of carboxylic acid groups (broad SMARTS) is 1. The molecule has 2 rings (SSSR count). The number of nitrogens with zero attached hydrogens (tertiary/aromatic N) is 2. The summed E-state index contributed by atoms with van der Waals surface area (Å²) in [6.45, 7) is 3.76. The number of thioether (sulfide) groups is 1. The van der Waals surface area contributed by atoms with E-state index in [1.54, 1.807) is 12.1 Å². The quantitative estimate of drug-likeness (QED) is 0.855. The van der Waals surface area contributed by atoms with Gasteiger partial charge in [-0.3, -0.25) is 0 Å². The summed E-state index contributed by atoms with van der Waals surface area (Å²) in [5, 5.41) is 12.7. The molecular weight excluding hydrogens is 252 g/mol. The highest BCUT2D eigenvalue weighted by Crippen LogP contribution is 2.26. The molecule has 0 radical (unpaired) electrons. The van der Waals surface area contributed by atoms with Crippen molar-refractivity contribution < 1.29 is 14.4 Å². The standard InChI is InChI=1S/C12H12N2O3S/c1-7-10(8(2)17-14-7)6-18-9-3-4-13-11(5-9)12(15)16/h3-5H,6H2,1-2H3,(H,15,16). The molecule has 0 aliphatic heterocycles. The van der Waals surface area contributed by atoms with Gasteiger partial charge in [-0.05, 0) is 26.0 Å². The average molecular weight is 264 g/mol. The van der Waals surface area contributed by atoms with Crippen molar-refractivity contribution in [3.63, 3.8) is 0 Å². The summed E-state index contributed by atoms with van der Waals surface area (Å²) in [6.07, 6.45) is 1.50. The maximum absolute atomic E-state index is 10.8. The summed E-state index contributed by atoms with van der Waals surface area (Å²) < 4.78 is 5.08. The van der Waals surface area contributed by atoms with Crippen molar-refractivity contribution in [2.24, 2.45) is 0 Å². The van der Waals surface area contributed by atoms with Crippen molar-refractivity contribution in [1.82, 2.24) is 10.1 Å². The minimum absolute atomic E-state index is 0.0544. The monoisotopic (exact) mass is 264 g/mol. The number of aromatic carboxylic acids is 1. The predicted molar refractivity (Wildman–Crippen MR) is 66.7 cm³/mol. The zero-order valence-corrected chi connectivity index (χ0v) is 10.8. The second-order valence-electron chi connectivity index (χ2n) is 3.77. The predicted octanol–water partition coefficient (Wildman–Crippen LogP) is 2.68. The van der Waals surface area contributed by atoms with E-state index in [0.717, 1.165) is 21.9 Å². The van der Waals surface area contributed by atoms with Crippen molar-refractivity contribution in [2.45, 2.75) is 24.5 Å². The van der Waals surface area contributed by atoms with Crippen LogP contribution >= 0.6 is 11.8 Å². The molecule has 1 N–H and O–H groups in total. The highest BCUT2D eigenvalue weighted by molar-refractivity contribution is 7.98. The summed E-state index contributed by atoms with van der Waals surface area (Å²) in [4.78, 5) is 15.4. The second kappa shape index (κ2) is 5.22. The van der Waals surface area contributed by atoms with Crippen LogP contribution in [-0.2, 0) is 5.75 Å². The number of pyridine rings is 1. The molecule has 0 aliphatic rings. The van der Waals surface area contributed by atoms with Gasteiger partial charge in [0.25, 0.3) is 0 Å². The first-order valence-corrected chi connectivity index (χ1v) is 6.30. The van der Waals surface area contributed by atoms with Crippen LogP contribution in [0.25, 0.3) is 0 Å². The fraction of sp³-hybridized carbons (Fsp3) is 0.250. The van der Waals surface area contributed by atoms with E-state index in [0.29, 0.717) is 5.75 Å². The molecule has 0 fully saturated rings. The number of rotatable bonds is 4. The van der Waals surface area contributed by atoms with E-state index in [4.69, 9.17) is 9.63 Å². The van der Waals surface area contributed by atoms with Gasteiger partial charge in [-0.25, -0.2) is 9.78 Å². The molecule has 94 valence electrons. The topological polar surface area (TPSA) is 76.2 Å². The molecule has 0 unspecified atom stereocenters. The van der Waals surface area contributed by atoms with Crippen molar-refractivity contribution in [2.75, 3.05) is 0 Å². The molecule has 0 aliphatic carbocycles. The Morgan fingerprint density at radius 3 is 2.89 bits per heavy atom. The van der Waals surface area contributed by atoms with Crippen molar-refractivity contribution >= 4 is 17.7 Å². The molecule has 0 bridgehead atoms. The molecule has 0 atom stereocenters. The lowest BCUT2D eigenvalue weighted by molar-refractivity contribution is 0.0690. The minimum atomic E-state index is -1.02. The fourth-order valence-electron chi connectivity index (χ4n) is 1.48. The molecule has 5 nitrogen and oxygen atoms in total. The fourth-order valence-corrected chi connectivity index (χ4v) is 2.56. The number of hydrogen-bond donors (Lipinski definition) is 1. The Balaban J connectivity index is 2.11. The molecule has 0 amide bonds. The Hall–Kier alpha value is -1.82. The molecule has 0 saturated carbocycles. The van der Waals surface area contributed by atoms with Crippen LogP contribution in [0.2, 0.25) is 0 Å². The first kappa shape index (κ1) is 12.6. The molecule has 2 heterocycles. The minimum Gasteiger partial charge on any atom is -0.477 e. The number of carbonyl (C=O) groups is 1. The average Bonchev–Trinajstić information content (AvgIpc) is 2.67. The van der Waals surface area contributed by atoms with E-state index in [-0.39, 0.29) is 5.69 Å². The van der Waals surface area contributed by atoms with Crippen LogP contribution < -0.4 is 0 Å². The van der Waals surface area contributed by atoms with Gasteiger partial charge in [0.05, 0.1) is 5.69 Å². The lowest BCUT2D eigenvalue weighted by Crippen LogP contribution is -1.99. The highest BCUT2D eigenvalue weighted by Gasteiger charge is 2.10. The zero-order valence-electron chi connectivity index (χ0n) is 10.0. The molecule has 0 saturated heterocycles. The summed E-state index contributed by atoms with van der Waals surface area (Å²) in [6, 6.07) is 3.35. The molecule has 0 spiro atoms. The molecule has 2 aromatic rings. The number of aryl methyl sites for hydroxylation is 2. The summed E-state index contributed by atoms with van der Waals surface area (Å²) in [5.41, 5.74) is 1.97. The van der Waals surface area contributed by atoms with Crippen LogP contribution in [0.15, 0.2) is 27.7 Å². The van der Waals surface area contributed by atoms with Crippen LogP contribution in [0.5, 0.6) is 0 Å². The van der Waals surface area contributed by atoms with Crippen molar-refractivity contribution in [1.29, 1.82) is 0 Å². The highest BCUT2D eigenvalue weighted by atomic mass is 32.2. The third-order valence-corrected chi connectivity index (χ3v) is 3.54.